The molecule has 1 aromatic rings. The molecule has 0 unspecified atom stereocenters. The van der Waals surface area contributed by atoms with Crippen LogP contribution in [0.1, 0.15) is 31.7 Å². The monoisotopic (exact) mass is 291 g/mol. The lowest BCUT2D eigenvalue weighted by Gasteiger charge is -2.13. The van der Waals surface area contributed by atoms with Crippen molar-refractivity contribution < 1.29 is 19.1 Å². The van der Waals surface area contributed by atoms with Gasteiger partial charge in [-0.25, -0.2) is 0 Å². The molecule has 1 aliphatic rings. The Morgan fingerprint density at radius 2 is 1.95 bits per heavy atom. The van der Waals surface area contributed by atoms with Crippen molar-refractivity contribution in [2.45, 2.75) is 45.3 Å². The molecule has 2 rings (SSSR count). The van der Waals surface area contributed by atoms with Crippen molar-refractivity contribution in [3.8, 4) is 5.75 Å². The molecule has 114 valence electrons. The molecule has 1 fully saturated rings. The van der Waals surface area contributed by atoms with Crippen LogP contribution in [0.2, 0.25) is 0 Å². The van der Waals surface area contributed by atoms with Crippen LogP contribution < -0.4 is 10.1 Å². The predicted molar refractivity (Wildman–Crippen MR) is 78.0 cm³/mol. The number of aryl methyl sites for hydroxylation is 1. The molecular formula is C16H21NO4. The van der Waals surface area contributed by atoms with Gasteiger partial charge in [-0.1, -0.05) is 17.7 Å². The van der Waals surface area contributed by atoms with Gasteiger partial charge in [-0.05, 0) is 38.8 Å². The fraction of sp³-hybridized carbons (Fsp3) is 0.500. The van der Waals surface area contributed by atoms with Gasteiger partial charge in [-0.3, -0.25) is 9.59 Å². The first kappa shape index (κ1) is 15.4. The average Bonchev–Trinajstić information content (AvgIpc) is 3.25. The first-order valence-corrected chi connectivity index (χ1v) is 7.24. The standard InChI is InChI=1S/C16H21NO4/c1-11-3-7-14(8-4-11)20-10-9-15(18)21-12(2)16(19)17-13-5-6-13/h3-4,7-8,12-13H,5-6,9-10H2,1-2H3,(H,17,19)/t12-/m1/s1. The number of hydrogen-bond acceptors (Lipinski definition) is 4. The van der Waals surface area contributed by atoms with E-state index in [-0.39, 0.29) is 25.0 Å². The summed E-state index contributed by atoms with van der Waals surface area (Å²) in [6.45, 7) is 3.81. The Kier molecular flexibility index (Phi) is 5.20. The highest BCUT2D eigenvalue weighted by Gasteiger charge is 2.27. The van der Waals surface area contributed by atoms with Crippen LogP contribution in [-0.2, 0) is 14.3 Å². The first-order chi connectivity index (χ1) is 10.0. The van der Waals surface area contributed by atoms with Gasteiger partial charge in [0, 0.05) is 6.04 Å². The van der Waals surface area contributed by atoms with E-state index in [1.807, 2.05) is 31.2 Å². The van der Waals surface area contributed by atoms with Crippen LogP contribution in [0, 0.1) is 6.92 Å². The van der Waals surface area contributed by atoms with Crippen molar-refractivity contribution in [3.05, 3.63) is 29.8 Å². The highest BCUT2D eigenvalue weighted by molar-refractivity contribution is 5.83. The number of hydrogen-bond donors (Lipinski definition) is 1. The van der Waals surface area contributed by atoms with E-state index in [9.17, 15) is 9.59 Å². The second-order valence-electron chi connectivity index (χ2n) is 5.33. The molecule has 1 aromatic carbocycles. The van der Waals surface area contributed by atoms with Crippen molar-refractivity contribution in [2.75, 3.05) is 6.61 Å². The third-order valence-electron chi connectivity index (χ3n) is 3.20. The number of esters is 1. The van der Waals surface area contributed by atoms with Gasteiger partial charge in [-0.2, -0.15) is 0 Å². The second-order valence-corrected chi connectivity index (χ2v) is 5.33. The molecule has 0 bridgehead atoms. The van der Waals surface area contributed by atoms with Gasteiger partial charge in [0.15, 0.2) is 6.10 Å². The van der Waals surface area contributed by atoms with E-state index >= 15 is 0 Å². The summed E-state index contributed by atoms with van der Waals surface area (Å²) >= 11 is 0. The van der Waals surface area contributed by atoms with Gasteiger partial charge in [-0.15, -0.1) is 0 Å². The topological polar surface area (TPSA) is 64.6 Å². The normalized spacial score (nSPS) is 15.1. The quantitative estimate of drug-likeness (QED) is 0.780. The lowest BCUT2D eigenvalue weighted by atomic mass is 10.2. The molecule has 5 heteroatoms. The zero-order valence-corrected chi connectivity index (χ0v) is 12.4. The maximum atomic E-state index is 11.6. The van der Waals surface area contributed by atoms with Gasteiger partial charge < -0.3 is 14.8 Å². The molecule has 1 amide bonds. The Balaban J connectivity index is 1.64. The van der Waals surface area contributed by atoms with Crippen molar-refractivity contribution >= 4 is 11.9 Å². The lowest BCUT2D eigenvalue weighted by molar-refractivity contribution is -0.155. The van der Waals surface area contributed by atoms with Crippen LogP contribution in [0.4, 0.5) is 0 Å². The Hall–Kier alpha value is -2.04. The number of nitrogens with one attached hydrogen (secondary N) is 1. The summed E-state index contributed by atoms with van der Waals surface area (Å²) in [5, 5.41) is 2.80. The molecule has 21 heavy (non-hydrogen) atoms. The number of amides is 1. The maximum absolute atomic E-state index is 11.6. The maximum Gasteiger partial charge on any atom is 0.310 e. The number of carbonyl (C=O) groups is 2. The molecule has 0 aromatic heterocycles. The predicted octanol–water partition coefficient (Wildman–Crippen LogP) is 1.97. The van der Waals surface area contributed by atoms with Gasteiger partial charge in [0.2, 0.25) is 0 Å². The highest BCUT2D eigenvalue weighted by Crippen LogP contribution is 2.18. The van der Waals surface area contributed by atoms with E-state index < -0.39 is 12.1 Å². The molecule has 1 aliphatic carbocycles. The molecule has 1 N–H and O–H groups in total. The van der Waals surface area contributed by atoms with E-state index in [0.29, 0.717) is 5.75 Å². The van der Waals surface area contributed by atoms with E-state index in [4.69, 9.17) is 9.47 Å². The zero-order chi connectivity index (χ0) is 15.2. The average molecular weight is 291 g/mol. The van der Waals surface area contributed by atoms with E-state index in [2.05, 4.69) is 5.32 Å². The number of ether oxygens (including phenoxy) is 2. The van der Waals surface area contributed by atoms with Crippen LogP contribution in [0.5, 0.6) is 5.75 Å². The molecular weight excluding hydrogens is 270 g/mol. The Morgan fingerprint density at radius 1 is 1.29 bits per heavy atom. The number of rotatable bonds is 7. The largest absolute Gasteiger partial charge is 0.493 e. The minimum atomic E-state index is -0.752. The summed E-state index contributed by atoms with van der Waals surface area (Å²) in [5.74, 6) is 0.0544. The Labute approximate surface area is 124 Å². The van der Waals surface area contributed by atoms with Crippen molar-refractivity contribution in [1.29, 1.82) is 0 Å². The molecule has 0 spiro atoms. The summed E-state index contributed by atoms with van der Waals surface area (Å²) in [4.78, 5) is 23.3. The van der Waals surface area contributed by atoms with E-state index in [1.165, 1.54) is 0 Å². The molecule has 0 heterocycles. The summed E-state index contributed by atoms with van der Waals surface area (Å²) < 4.78 is 10.5. The highest BCUT2D eigenvalue weighted by atomic mass is 16.5. The first-order valence-electron chi connectivity index (χ1n) is 7.24. The summed E-state index contributed by atoms with van der Waals surface area (Å²) in [5.41, 5.74) is 1.15. The lowest BCUT2D eigenvalue weighted by Crippen LogP contribution is -2.37. The molecule has 5 nitrogen and oxygen atoms in total. The van der Waals surface area contributed by atoms with Gasteiger partial charge >= 0.3 is 5.97 Å². The minimum Gasteiger partial charge on any atom is -0.493 e. The van der Waals surface area contributed by atoms with Crippen molar-refractivity contribution in [1.82, 2.24) is 5.32 Å². The van der Waals surface area contributed by atoms with Gasteiger partial charge in [0.05, 0.1) is 13.0 Å². The molecule has 0 saturated heterocycles. The number of benzene rings is 1. The SMILES string of the molecule is Cc1ccc(OCCC(=O)O[C@H](C)C(=O)NC2CC2)cc1. The summed E-state index contributed by atoms with van der Waals surface area (Å²) in [6, 6.07) is 7.86. The zero-order valence-electron chi connectivity index (χ0n) is 12.4. The smallest absolute Gasteiger partial charge is 0.310 e. The van der Waals surface area contributed by atoms with Crippen molar-refractivity contribution in [3.63, 3.8) is 0 Å². The van der Waals surface area contributed by atoms with Crippen LogP contribution in [0.3, 0.4) is 0 Å². The fourth-order valence-corrected chi connectivity index (χ4v) is 1.74. The molecule has 0 radical (unpaired) electrons. The van der Waals surface area contributed by atoms with Crippen LogP contribution in [-0.4, -0.2) is 30.6 Å². The molecule has 0 aliphatic heterocycles. The third-order valence-corrected chi connectivity index (χ3v) is 3.20. The van der Waals surface area contributed by atoms with E-state index in [0.717, 1.165) is 18.4 Å². The van der Waals surface area contributed by atoms with Gasteiger partial charge in [0.25, 0.3) is 5.91 Å². The van der Waals surface area contributed by atoms with Gasteiger partial charge in [0.1, 0.15) is 5.75 Å². The summed E-state index contributed by atoms with van der Waals surface area (Å²) in [7, 11) is 0. The number of carbonyl (C=O) groups excluding carboxylic acids is 2. The van der Waals surface area contributed by atoms with E-state index in [1.54, 1.807) is 6.92 Å². The summed E-state index contributed by atoms with van der Waals surface area (Å²) in [6.07, 6.45) is 1.39. The minimum absolute atomic E-state index is 0.120. The van der Waals surface area contributed by atoms with Crippen molar-refractivity contribution in [2.24, 2.45) is 0 Å². The van der Waals surface area contributed by atoms with Crippen LogP contribution >= 0.6 is 0 Å². The Morgan fingerprint density at radius 3 is 2.57 bits per heavy atom. The molecule has 1 atom stereocenters. The Bertz CT molecular complexity index is 494. The second kappa shape index (κ2) is 7.11. The molecule has 1 saturated carbocycles. The third kappa shape index (κ3) is 5.45. The van der Waals surface area contributed by atoms with Crippen LogP contribution in [0.25, 0.3) is 0 Å². The van der Waals surface area contributed by atoms with Crippen LogP contribution in [0.15, 0.2) is 24.3 Å². The fourth-order valence-electron chi connectivity index (χ4n) is 1.74.